The lowest BCUT2D eigenvalue weighted by atomic mass is 10.2. The molecule has 0 aliphatic carbocycles. The van der Waals surface area contributed by atoms with E-state index in [0.717, 1.165) is 0 Å². The van der Waals surface area contributed by atoms with Crippen LogP contribution in [-0.4, -0.2) is 14.1 Å². The van der Waals surface area contributed by atoms with E-state index in [2.05, 4.69) is 0 Å². The molecule has 0 spiro atoms. The molecule has 0 aliphatic rings. The van der Waals surface area contributed by atoms with Gasteiger partial charge in [0, 0.05) is 21.5 Å². The molecule has 3 aromatic heterocycles. The molecule has 0 aliphatic heterocycles. The molecule has 3 heterocycles. The minimum atomic E-state index is -0.544. The van der Waals surface area contributed by atoms with Crippen LogP contribution in [0.5, 0.6) is 0 Å². The average Bonchev–Trinajstić information content (AvgIpc) is 3.56. The Bertz CT molecular complexity index is 2360. The summed E-state index contributed by atoms with van der Waals surface area (Å²) in [5, 5.41) is 0.000383. The molecular weight excluding hydrogens is 390 g/mol. The van der Waals surface area contributed by atoms with Crippen molar-refractivity contribution in [2.75, 3.05) is 0 Å². The summed E-state index contributed by atoms with van der Waals surface area (Å²) in [7, 11) is 0. The van der Waals surface area contributed by atoms with Crippen molar-refractivity contribution in [2.24, 2.45) is 0 Å². The number of aromatic nitrogens is 3. The van der Waals surface area contributed by atoms with Crippen LogP contribution in [0.3, 0.4) is 0 Å². The first-order valence-electron chi connectivity index (χ1n) is 16.7. The zero-order valence-electron chi connectivity index (χ0n) is 30.2. The van der Waals surface area contributed by atoms with E-state index in [-0.39, 0.29) is 67.3 Å². The van der Waals surface area contributed by atoms with Crippen LogP contribution < -0.4 is 0 Å². The van der Waals surface area contributed by atoms with Crippen molar-refractivity contribution in [1.29, 1.82) is 0 Å². The third kappa shape index (κ3) is 2.33. The van der Waals surface area contributed by atoms with Gasteiger partial charge in [0.05, 0.1) is 41.3 Å². The number of hydrogen-bond acceptors (Lipinski definition) is 1. The molecule has 0 amide bonds. The summed E-state index contributed by atoms with van der Waals surface area (Å²) in [5.41, 5.74) is 0.160. The Balaban J connectivity index is 1.67. The highest BCUT2D eigenvalue weighted by Gasteiger charge is 2.15. The topological polar surface area (TPSA) is 22.8 Å². The van der Waals surface area contributed by atoms with Crippen molar-refractivity contribution in [3.8, 4) is 11.6 Å². The number of fused-ring (bicyclic) bond motifs is 6. The van der Waals surface area contributed by atoms with E-state index in [9.17, 15) is 0 Å². The van der Waals surface area contributed by atoms with Crippen molar-refractivity contribution in [1.82, 2.24) is 14.1 Å². The van der Waals surface area contributed by atoms with Crippen molar-refractivity contribution in [3.63, 3.8) is 0 Å². The molecule has 0 radical (unpaired) electrons. The van der Waals surface area contributed by atoms with Gasteiger partial charge in [0.25, 0.3) is 0 Å². The first kappa shape index (κ1) is 8.64. The van der Waals surface area contributed by atoms with Crippen molar-refractivity contribution >= 4 is 43.6 Å². The van der Waals surface area contributed by atoms with Crippen LogP contribution in [0.4, 0.5) is 0 Å². The molecule has 150 valence electrons. The zero-order valence-corrected chi connectivity index (χ0v) is 16.2. The predicted molar refractivity (Wildman–Crippen MR) is 133 cm³/mol. The SMILES string of the molecule is [2H]c1cc2c(c([2H])c1[2H])c1c([2H])c([2H])c([2H])c([2H])c1n2-c1cccc(-n2c3cc([2H])c([2H])c([2H])c3c3c([2H])c([2H])c([2H])c([2H])c32)n1. The van der Waals surface area contributed by atoms with E-state index in [4.69, 9.17) is 24.2 Å². The maximum Gasteiger partial charge on any atom is 0.140 e. The minimum Gasteiger partial charge on any atom is -0.294 e. The number of para-hydroxylation sites is 4. The van der Waals surface area contributed by atoms with E-state index < -0.39 is 72.5 Å². The molecule has 0 saturated carbocycles. The van der Waals surface area contributed by atoms with Crippen molar-refractivity contribution < 1.29 is 19.2 Å². The van der Waals surface area contributed by atoms with E-state index in [1.54, 1.807) is 6.07 Å². The third-order valence-corrected chi connectivity index (χ3v) is 5.39. The quantitative estimate of drug-likeness (QED) is 0.286. The molecule has 3 heteroatoms. The number of nitrogens with zero attached hydrogens (tertiary/aromatic N) is 3. The smallest absolute Gasteiger partial charge is 0.140 e. The van der Waals surface area contributed by atoms with Gasteiger partial charge in [-0.05, 0) is 36.4 Å². The van der Waals surface area contributed by atoms with Gasteiger partial charge in [0.15, 0.2) is 0 Å². The monoisotopic (exact) mass is 423 g/mol. The number of rotatable bonds is 2. The van der Waals surface area contributed by atoms with Crippen molar-refractivity contribution in [3.05, 3.63) is 115 Å². The highest BCUT2D eigenvalue weighted by molar-refractivity contribution is 6.10. The Kier molecular flexibility index (Phi) is 1.77. The van der Waals surface area contributed by atoms with Crippen LogP contribution in [0.15, 0.2) is 115 Å². The minimum absolute atomic E-state index is 0.0293. The van der Waals surface area contributed by atoms with E-state index in [0.29, 0.717) is 0 Å². The summed E-state index contributed by atoms with van der Waals surface area (Å²) in [5.74, 6) is 0.119. The molecule has 0 fully saturated rings. The fourth-order valence-corrected chi connectivity index (χ4v) is 4.10. The molecule has 7 rings (SSSR count). The lowest BCUT2D eigenvalue weighted by Gasteiger charge is -2.11. The lowest BCUT2D eigenvalue weighted by molar-refractivity contribution is 1.01. The second-order valence-corrected chi connectivity index (χ2v) is 7.07. The second kappa shape index (κ2) is 6.56. The standard InChI is InChI=1S/C29H19N3/c1-5-14-24-20(10-1)21-11-2-6-15-25(21)31(24)28-18-9-19-29(30-28)32-26-16-7-3-12-22(26)23-13-4-8-17-27(23)32/h1-19H/i1D,2D,3D,4D,5D,6D,7D,8D,10D,11D,12D,13D,14D,16D. The van der Waals surface area contributed by atoms with E-state index in [1.807, 2.05) is 0 Å². The second-order valence-electron chi connectivity index (χ2n) is 7.07. The van der Waals surface area contributed by atoms with E-state index >= 15 is 0 Å². The molecule has 7 aromatic rings. The van der Waals surface area contributed by atoms with Crippen molar-refractivity contribution in [2.45, 2.75) is 0 Å². The van der Waals surface area contributed by atoms with Crippen LogP contribution in [0.1, 0.15) is 19.2 Å². The summed E-state index contributed by atoms with van der Waals surface area (Å²) in [6.45, 7) is 0. The van der Waals surface area contributed by atoms with Crippen LogP contribution in [0.25, 0.3) is 55.2 Å². The molecule has 32 heavy (non-hydrogen) atoms. The largest absolute Gasteiger partial charge is 0.294 e. The van der Waals surface area contributed by atoms with Gasteiger partial charge in [0.2, 0.25) is 0 Å². The summed E-state index contributed by atoms with van der Waals surface area (Å²) >= 11 is 0. The number of hydrogen-bond donors (Lipinski definition) is 0. The van der Waals surface area contributed by atoms with Crippen LogP contribution >= 0.6 is 0 Å². The number of benzene rings is 4. The van der Waals surface area contributed by atoms with Gasteiger partial charge in [-0.3, -0.25) is 9.13 Å². The fourth-order valence-electron chi connectivity index (χ4n) is 4.10. The van der Waals surface area contributed by atoms with Gasteiger partial charge in [-0.15, -0.1) is 0 Å². The fraction of sp³-hybridized carbons (Fsp3) is 0. The molecule has 0 bridgehead atoms. The van der Waals surface area contributed by atoms with Crippen LogP contribution in [0.2, 0.25) is 0 Å². The maximum absolute atomic E-state index is 8.75. The zero-order chi connectivity index (χ0) is 33.3. The first-order valence-corrected chi connectivity index (χ1v) is 9.69. The van der Waals surface area contributed by atoms with Gasteiger partial charge in [-0.2, -0.15) is 0 Å². The highest BCUT2D eigenvalue weighted by atomic mass is 15.1. The number of pyridine rings is 1. The molecule has 0 atom stereocenters. The van der Waals surface area contributed by atoms with Crippen LogP contribution in [-0.2, 0) is 0 Å². The Morgan fingerprint density at radius 1 is 0.469 bits per heavy atom. The van der Waals surface area contributed by atoms with Gasteiger partial charge in [0.1, 0.15) is 11.6 Å². The Labute approximate surface area is 204 Å². The molecule has 0 unspecified atom stereocenters. The highest BCUT2D eigenvalue weighted by Crippen LogP contribution is 2.33. The van der Waals surface area contributed by atoms with Gasteiger partial charge in [-0.1, -0.05) is 78.6 Å². The van der Waals surface area contributed by atoms with Crippen LogP contribution in [0, 0.1) is 0 Å². The van der Waals surface area contributed by atoms with Gasteiger partial charge < -0.3 is 0 Å². The predicted octanol–water partition coefficient (Wildman–Crippen LogP) is 7.28. The van der Waals surface area contributed by atoms with Gasteiger partial charge >= 0.3 is 0 Å². The molecule has 0 N–H and O–H groups in total. The molecule has 0 saturated heterocycles. The lowest BCUT2D eigenvalue weighted by Crippen LogP contribution is -2.02. The Hall–Kier alpha value is -4.37. The Morgan fingerprint density at radius 3 is 1.38 bits per heavy atom. The summed E-state index contributed by atoms with van der Waals surface area (Å²) in [4.78, 5) is 4.75. The maximum atomic E-state index is 8.75. The summed E-state index contributed by atoms with van der Waals surface area (Å²) in [6, 6.07) is 0.947. The van der Waals surface area contributed by atoms with E-state index in [1.165, 1.54) is 33.4 Å². The molecule has 3 nitrogen and oxygen atoms in total. The summed E-state index contributed by atoms with van der Waals surface area (Å²) in [6.07, 6.45) is 0. The Morgan fingerprint density at radius 2 is 0.875 bits per heavy atom. The normalized spacial score (nSPS) is 17.9. The molecule has 4 aromatic carbocycles. The summed E-state index contributed by atoms with van der Waals surface area (Å²) < 4.78 is 121. The van der Waals surface area contributed by atoms with Gasteiger partial charge in [-0.25, -0.2) is 4.98 Å². The third-order valence-electron chi connectivity index (χ3n) is 5.39. The first-order chi connectivity index (χ1) is 21.7. The average molecular weight is 424 g/mol. The molecular formula is C29H19N3.